The molecular formula is C7H8N4OS. The molecule has 0 atom stereocenters. The second-order valence-corrected chi connectivity index (χ2v) is 3.99. The van der Waals surface area contributed by atoms with Crippen molar-refractivity contribution in [2.75, 3.05) is 5.73 Å². The Bertz CT molecular complexity index is 433. The lowest BCUT2D eigenvalue weighted by atomic mass is 10.4. The van der Waals surface area contributed by atoms with Gasteiger partial charge in [0, 0.05) is 4.88 Å². The van der Waals surface area contributed by atoms with E-state index in [1.54, 1.807) is 11.3 Å². The van der Waals surface area contributed by atoms with Crippen LogP contribution in [0.1, 0.15) is 9.88 Å². The first kappa shape index (κ1) is 8.18. The van der Waals surface area contributed by atoms with Crippen molar-refractivity contribution in [3.8, 4) is 11.6 Å². The van der Waals surface area contributed by atoms with Gasteiger partial charge >= 0.3 is 6.01 Å². The van der Waals surface area contributed by atoms with E-state index in [0.29, 0.717) is 5.89 Å². The van der Waals surface area contributed by atoms with E-state index < -0.39 is 0 Å². The standard InChI is InChI=1S/C7H8N4OS/c1-3-5(9-4(2)13-3)6-10-11-7(8)12-6/h1-2H3,(H2,8,11). The molecular weight excluding hydrogens is 188 g/mol. The van der Waals surface area contributed by atoms with Gasteiger partial charge in [-0.1, -0.05) is 5.10 Å². The smallest absolute Gasteiger partial charge is 0.313 e. The van der Waals surface area contributed by atoms with Gasteiger partial charge in [-0.3, -0.25) is 0 Å². The van der Waals surface area contributed by atoms with Gasteiger partial charge < -0.3 is 10.2 Å². The van der Waals surface area contributed by atoms with Gasteiger partial charge in [-0.25, -0.2) is 4.98 Å². The second-order valence-electron chi connectivity index (χ2n) is 2.58. The predicted molar refractivity (Wildman–Crippen MR) is 49.3 cm³/mol. The Morgan fingerprint density at radius 1 is 1.31 bits per heavy atom. The topological polar surface area (TPSA) is 77.8 Å². The fourth-order valence-corrected chi connectivity index (χ4v) is 1.87. The summed E-state index contributed by atoms with van der Waals surface area (Å²) >= 11 is 1.59. The number of thiazole rings is 1. The van der Waals surface area contributed by atoms with Crippen LogP contribution in [0.25, 0.3) is 11.6 Å². The number of hydrogen-bond acceptors (Lipinski definition) is 6. The highest BCUT2D eigenvalue weighted by Gasteiger charge is 2.13. The highest BCUT2D eigenvalue weighted by atomic mass is 32.1. The molecule has 0 aliphatic carbocycles. The Kier molecular flexibility index (Phi) is 1.77. The van der Waals surface area contributed by atoms with Gasteiger partial charge in [-0.15, -0.1) is 16.4 Å². The van der Waals surface area contributed by atoms with E-state index in [2.05, 4.69) is 15.2 Å². The molecule has 6 heteroatoms. The third-order valence-corrected chi connectivity index (χ3v) is 2.43. The molecule has 2 heterocycles. The number of aromatic nitrogens is 3. The van der Waals surface area contributed by atoms with Crippen molar-refractivity contribution >= 4 is 17.4 Å². The lowest BCUT2D eigenvalue weighted by Crippen LogP contribution is -1.81. The maximum atomic E-state index is 5.31. The van der Waals surface area contributed by atoms with Gasteiger partial charge in [0.1, 0.15) is 5.69 Å². The lowest BCUT2D eigenvalue weighted by molar-refractivity contribution is 0.587. The normalized spacial score (nSPS) is 10.6. The molecule has 68 valence electrons. The van der Waals surface area contributed by atoms with Crippen LogP contribution in [0.15, 0.2) is 4.42 Å². The quantitative estimate of drug-likeness (QED) is 0.745. The van der Waals surface area contributed by atoms with Gasteiger partial charge in [-0.2, -0.15) is 0 Å². The van der Waals surface area contributed by atoms with Gasteiger partial charge in [-0.05, 0) is 13.8 Å². The summed E-state index contributed by atoms with van der Waals surface area (Å²) in [5.74, 6) is 0.388. The molecule has 2 aromatic rings. The number of rotatable bonds is 1. The van der Waals surface area contributed by atoms with Gasteiger partial charge in [0.2, 0.25) is 0 Å². The van der Waals surface area contributed by atoms with Crippen LogP contribution in [0.2, 0.25) is 0 Å². The van der Waals surface area contributed by atoms with Crippen molar-refractivity contribution in [1.29, 1.82) is 0 Å². The van der Waals surface area contributed by atoms with Crippen LogP contribution < -0.4 is 5.73 Å². The number of aryl methyl sites for hydroxylation is 2. The summed E-state index contributed by atoms with van der Waals surface area (Å²) in [6.07, 6.45) is 0. The van der Waals surface area contributed by atoms with Crippen LogP contribution in [0.3, 0.4) is 0 Å². The Balaban J connectivity index is 2.51. The Labute approximate surface area is 78.6 Å². The number of nitrogen functional groups attached to an aromatic ring is 1. The zero-order valence-electron chi connectivity index (χ0n) is 7.24. The van der Waals surface area contributed by atoms with Crippen molar-refractivity contribution in [2.24, 2.45) is 0 Å². The van der Waals surface area contributed by atoms with Crippen LogP contribution in [-0.2, 0) is 0 Å². The first-order chi connectivity index (χ1) is 6.16. The van der Waals surface area contributed by atoms with Crippen LogP contribution in [0.4, 0.5) is 6.01 Å². The van der Waals surface area contributed by atoms with Crippen molar-refractivity contribution in [1.82, 2.24) is 15.2 Å². The number of anilines is 1. The van der Waals surface area contributed by atoms with E-state index in [1.807, 2.05) is 13.8 Å². The third-order valence-electron chi connectivity index (χ3n) is 1.55. The van der Waals surface area contributed by atoms with Crippen molar-refractivity contribution < 1.29 is 4.42 Å². The first-order valence-corrected chi connectivity index (χ1v) is 4.52. The Morgan fingerprint density at radius 2 is 2.08 bits per heavy atom. The highest BCUT2D eigenvalue weighted by molar-refractivity contribution is 7.11. The fraction of sp³-hybridized carbons (Fsp3) is 0.286. The van der Waals surface area contributed by atoms with E-state index in [1.165, 1.54) is 0 Å². The van der Waals surface area contributed by atoms with E-state index in [4.69, 9.17) is 10.2 Å². The van der Waals surface area contributed by atoms with Gasteiger partial charge in [0.15, 0.2) is 0 Å². The molecule has 0 saturated carbocycles. The summed E-state index contributed by atoms with van der Waals surface area (Å²) in [5.41, 5.74) is 6.04. The predicted octanol–water partition coefficient (Wildman–Crippen LogP) is 1.39. The maximum absolute atomic E-state index is 5.31. The fourth-order valence-electron chi connectivity index (χ4n) is 1.06. The molecule has 0 aliphatic heterocycles. The van der Waals surface area contributed by atoms with E-state index in [-0.39, 0.29) is 6.01 Å². The van der Waals surface area contributed by atoms with E-state index in [0.717, 1.165) is 15.6 Å². The summed E-state index contributed by atoms with van der Waals surface area (Å²) in [6, 6.07) is 0.0695. The summed E-state index contributed by atoms with van der Waals surface area (Å²) in [5, 5.41) is 8.31. The maximum Gasteiger partial charge on any atom is 0.313 e. The molecule has 0 aromatic carbocycles. The summed E-state index contributed by atoms with van der Waals surface area (Å²) in [6.45, 7) is 3.89. The molecule has 0 amide bonds. The lowest BCUT2D eigenvalue weighted by Gasteiger charge is -1.87. The largest absolute Gasteiger partial charge is 0.402 e. The average Bonchev–Trinajstić information content (AvgIpc) is 2.58. The second kappa shape index (κ2) is 2.81. The summed E-state index contributed by atoms with van der Waals surface area (Å²) in [7, 11) is 0. The number of hydrogen-bond donors (Lipinski definition) is 1. The molecule has 0 fully saturated rings. The molecule has 0 radical (unpaired) electrons. The van der Waals surface area contributed by atoms with Gasteiger partial charge in [0.25, 0.3) is 5.89 Å². The summed E-state index contributed by atoms with van der Waals surface area (Å²) < 4.78 is 5.06. The molecule has 0 aliphatic rings. The molecule has 0 saturated heterocycles. The van der Waals surface area contributed by atoms with Crippen molar-refractivity contribution in [3.63, 3.8) is 0 Å². The highest BCUT2D eigenvalue weighted by Crippen LogP contribution is 2.26. The number of nitrogens with two attached hydrogens (primary N) is 1. The average molecular weight is 196 g/mol. The molecule has 13 heavy (non-hydrogen) atoms. The van der Waals surface area contributed by atoms with Crippen LogP contribution >= 0.6 is 11.3 Å². The molecule has 2 aromatic heterocycles. The molecule has 0 bridgehead atoms. The van der Waals surface area contributed by atoms with E-state index in [9.17, 15) is 0 Å². The molecule has 0 unspecified atom stereocenters. The molecule has 5 nitrogen and oxygen atoms in total. The minimum Gasteiger partial charge on any atom is -0.402 e. The van der Waals surface area contributed by atoms with Gasteiger partial charge in [0.05, 0.1) is 5.01 Å². The monoisotopic (exact) mass is 196 g/mol. The van der Waals surface area contributed by atoms with Crippen molar-refractivity contribution in [3.05, 3.63) is 9.88 Å². The van der Waals surface area contributed by atoms with Crippen LogP contribution in [0, 0.1) is 13.8 Å². The first-order valence-electron chi connectivity index (χ1n) is 3.70. The summed E-state index contributed by atoms with van der Waals surface area (Å²) in [4.78, 5) is 5.32. The minimum atomic E-state index is 0.0695. The van der Waals surface area contributed by atoms with Crippen LogP contribution in [0.5, 0.6) is 0 Å². The zero-order chi connectivity index (χ0) is 9.42. The molecule has 2 N–H and O–H groups in total. The minimum absolute atomic E-state index is 0.0695. The zero-order valence-corrected chi connectivity index (χ0v) is 8.05. The number of nitrogens with zero attached hydrogens (tertiary/aromatic N) is 3. The SMILES string of the molecule is Cc1nc(-c2nnc(N)o2)c(C)s1. The Morgan fingerprint density at radius 3 is 2.54 bits per heavy atom. The third kappa shape index (κ3) is 1.40. The van der Waals surface area contributed by atoms with Crippen LogP contribution in [-0.4, -0.2) is 15.2 Å². The van der Waals surface area contributed by atoms with Crippen molar-refractivity contribution in [2.45, 2.75) is 13.8 Å². The van der Waals surface area contributed by atoms with E-state index >= 15 is 0 Å². The molecule has 2 rings (SSSR count). The molecule has 0 spiro atoms. The Hall–Kier alpha value is -1.43.